The largest absolute Gasteiger partial charge is 0.481 e. The summed E-state index contributed by atoms with van der Waals surface area (Å²) in [4.78, 5) is 15.3. The van der Waals surface area contributed by atoms with Crippen molar-refractivity contribution in [2.24, 2.45) is 5.92 Å². The van der Waals surface area contributed by atoms with Crippen molar-refractivity contribution < 1.29 is 18.3 Å². The highest BCUT2D eigenvalue weighted by atomic mass is 32.2. The van der Waals surface area contributed by atoms with Gasteiger partial charge in [-0.15, -0.1) is 0 Å². The molecule has 0 unspecified atom stereocenters. The van der Waals surface area contributed by atoms with Gasteiger partial charge in [0.15, 0.2) is 0 Å². The van der Waals surface area contributed by atoms with E-state index in [9.17, 15) is 13.2 Å². The van der Waals surface area contributed by atoms with E-state index >= 15 is 0 Å². The van der Waals surface area contributed by atoms with Crippen LogP contribution in [0.5, 0.6) is 0 Å². The zero-order chi connectivity index (χ0) is 17.2. The van der Waals surface area contributed by atoms with E-state index in [0.717, 1.165) is 11.1 Å². The SMILES string of the molecule is O=C(O)C1CCN(S(=O)(=O)c2ccc(-c3cccnc3)cc2)CC1. The molecule has 0 amide bonds. The summed E-state index contributed by atoms with van der Waals surface area (Å²) in [5.74, 6) is -1.31. The Hall–Kier alpha value is -2.25. The summed E-state index contributed by atoms with van der Waals surface area (Å²) in [5.41, 5.74) is 1.82. The molecule has 1 aromatic heterocycles. The summed E-state index contributed by atoms with van der Waals surface area (Å²) in [6, 6.07) is 10.4. The molecule has 126 valence electrons. The molecule has 24 heavy (non-hydrogen) atoms. The van der Waals surface area contributed by atoms with Crippen LogP contribution >= 0.6 is 0 Å². The summed E-state index contributed by atoms with van der Waals surface area (Å²) >= 11 is 0. The van der Waals surface area contributed by atoms with Crippen LogP contribution in [-0.2, 0) is 14.8 Å². The quantitative estimate of drug-likeness (QED) is 0.917. The van der Waals surface area contributed by atoms with Crippen LogP contribution < -0.4 is 0 Å². The minimum atomic E-state index is -3.59. The third-order valence-electron chi connectivity index (χ3n) is 4.29. The van der Waals surface area contributed by atoms with Crippen LogP contribution in [0.2, 0.25) is 0 Å². The Morgan fingerprint density at radius 2 is 1.75 bits per heavy atom. The van der Waals surface area contributed by atoms with Gasteiger partial charge in [-0.05, 0) is 42.2 Å². The molecule has 0 spiro atoms. The van der Waals surface area contributed by atoms with Crippen molar-refractivity contribution in [3.8, 4) is 11.1 Å². The number of nitrogens with zero attached hydrogens (tertiary/aromatic N) is 2. The minimum absolute atomic E-state index is 0.226. The van der Waals surface area contributed by atoms with Crippen molar-refractivity contribution >= 4 is 16.0 Å². The van der Waals surface area contributed by atoms with Gasteiger partial charge in [-0.25, -0.2) is 8.42 Å². The Labute approximate surface area is 140 Å². The number of carbonyl (C=O) groups is 1. The molecule has 3 rings (SSSR count). The second kappa shape index (κ2) is 6.70. The van der Waals surface area contributed by atoms with Crippen LogP contribution in [0.3, 0.4) is 0 Å². The zero-order valence-electron chi connectivity index (χ0n) is 13.0. The van der Waals surface area contributed by atoms with Crippen LogP contribution in [0.4, 0.5) is 0 Å². The third kappa shape index (κ3) is 3.32. The first-order chi connectivity index (χ1) is 11.5. The fourth-order valence-electron chi connectivity index (χ4n) is 2.85. The minimum Gasteiger partial charge on any atom is -0.481 e. The number of aliphatic carboxylic acids is 1. The number of carboxylic acids is 1. The Morgan fingerprint density at radius 3 is 2.29 bits per heavy atom. The van der Waals surface area contributed by atoms with Gasteiger partial charge in [-0.2, -0.15) is 4.31 Å². The number of benzene rings is 1. The van der Waals surface area contributed by atoms with E-state index in [0.29, 0.717) is 12.8 Å². The van der Waals surface area contributed by atoms with Crippen LogP contribution in [0.15, 0.2) is 53.7 Å². The van der Waals surface area contributed by atoms with Crippen molar-refractivity contribution in [1.29, 1.82) is 0 Å². The molecule has 2 aromatic rings. The van der Waals surface area contributed by atoms with E-state index in [-0.39, 0.29) is 18.0 Å². The highest BCUT2D eigenvalue weighted by Gasteiger charge is 2.31. The lowest BCUT2D eigenvalue weighted by Gasteiger charge is -2.29. The number of pyridine rings is 1. The molecule has 1 aliphatic heterocycles. The van der Waals surface area contributed by atoms with Crippen LogP contribution in [0.1, 0.15) is 12.8 Å². The third-order valence-corrected chi connectivity index (χ3v) is 6.20. The molecule has 1 aromatic carbocycles. The van der Waals surface area contributed by atoms with Gasteiger partial charge in [0.1, 0.15) is 0 Å². The molecule has 7 heteroatoms. The average Bonchev–Trinajstić information content (AvgIpc) is 2.62. The van der Waals surface area contributed by atoms with Crippen LogP contribution in [0, 0.1) is 5.92 Å². The predicted octanol–water partition coefficient (Wildman–Crippen LogP) is 2.23. The fourth-order valence-corrected chi connectivity index (χ4v) is 4.31. The Balaban J connectivity index is 1.77. The highest BCUT2D eigenvalue weighted by Crippen LogP contribution is 2.26. The first-order valence-corrected chi connectivity index (χ1v) is 9.16. The predicted molar refractivity (Wildman–Crippen MR) is 88.8 cm³/mol. The number of hydrogen-bond acceptors (Lipinski definition) is 4. The number of rotatable bonds is 4. The Kier molecular flexibility index (Phi) is 4.64. The van der Waals surface area contributed by atoms with Gasteiger partial charge >= 0.3 is 5.97 Å². The number of hydrogen-bond donors (Lipinski definition) is 1. The summed E-state index contributed by atoms with van der Waals surface area (Å²) in [5, 5.41) is 9.01. The summed E-state index contributed by atoms with van der Waals surface area (Å²) in [6.45, 7) is 0.479. The molecule has 1 saturated heterocycles. The standard InChI is InChI=1S/C17H18N2O4S/c20-17(21)14-7-10-19(11-8-14)24(22,23)16-5-3-13(4-6-16)15-2-1-9-18-12-15/h1-6,9,12,14H,7-8,10-11H2,(H,20,21). The number of sulfonamides is 1. The molecule has 2 heterocycles. The normalized spacial score (nSPS) is 16.8. The lowest BCUT2D eigenvalue weighted by Crippen LogP contribution is -2.40. The van der Waals surface area contributed by atoms with Gasteiger partial charge in [0.05, 0.1) is 10.8 Å². The molecular formula is C17H18N2O4S. The first-order valence-electron chi connectivity index (χ1n) is 7.72. The summed E-state index contributed by atoms with van der Waals surface area (Å²) < 4.78 is 26.7. The van der Waals surface area contributed by atoms with Crippen molar-refractivity contribution in [1.82, 2.24) is 9.29 Å². The summed E-state index contributed by atoms with van der Waals surface area (Å²) in [6.07, 6.45) is 4.11. The molecule has 1 fully saturated rings. The van der Waals surface area contributed by atoms with E-state index in [1.54, 1.807) is 36.7 Å². The molecule has 0 saturated carbocycles. The first kappa shape index (κ1) is 16.6. The van der Waals surface area contributed by atoms with Gasteiger partial charge in [0, 0.05) is 25.5 Å². The molecule has 6 nitrogen and oxygen atoms in total. The summed E-state index contributed by atoms with van der Waals surface area (Å²) in [7, 11) is -3.59. The van der Waals surface area contributed by atoms with Gasteiger partial charge in [-0.1, -0.05) is 18.2 Å². The van der Waals surface area contributed by atoms with E-state index in [1.165, 1.54) is 4.31 Å². The van der Waals surface area contributed by atoms with Crippen LogP contribution in [0.25, 0.3) is 11.1 Å². The van der Waals surface area contributed by atoms with E-state index < -0.39 is 21.9 Å². The average molecular weight is 346 g/mol. The molecule has 0 bridgehead atoms. The van der Waals surface area contributed by atoms with Crippen molar-refractivity contribution in [3.05, 3.63) is 48.8 Å². The lowest BCUT2D eigenvalue weighted by molar-refractivity contribution is -0.142. The number of carboxylic acid groups (broad SMARTS) is 1. The smallest absolute Gasteiger partial charge is 0.306 e. The second-order valence-corrected chi connectivity index (χ2v) is 7.72. The van der Waals surface area contributed by atoms with E-state index in [4.69, 9.17) is 5.11 Å². The molecule has 1 aliphatic rings. The maximum atomic E-state index is 12.7. The Morgan fingerprint density at radius 1 is 1.08 bits per heavy atom. The van der Waals surface area contributed by atoms with Crippen molar-refractivity contribution in [2.45, 2.75) is 17.7 Å². The molecule has 0 aliphatic carbocycles. The second-order valence-electron chi connectivity index (χ2n) is 5.78. The number of piperidine rings is 1. The molecule has 0 radical (unpaired) electrons. The van der Waals surface area contributed by atoms with Gasteiger partial charge < -0.3 is 5.11 Å². The topological polar surface area (TPSA) is 87.6 Å². The molecule has 0 atom stereocenters. The van der Waals surface area contributed by atoms with Gasteiger partial charge in [-0.3, -0.25) is 9.78 Å². The van der Waals surface area contributed by atoms with Crippen molar-refractivity contribution in [2.75, 3.05) is 13.1 Å². The highest BCUT2D eigenvalue weighted by molar-refractivity contribution is 7.89. The fraction of sp³-hybridized carbons (Fsp3) is 0.294. The maximum absolute atomic E-state index is 12.7. The van der Waals surface area contributed by atoms with Crippen LogP contribution in [-0.4, -0.2) is 41.9 Å². The molecular weight excluding hydrogens is 328 g/mol. The zero-order valence-corrected chi connectivity index (χ0v) is 13.8. The van der Waals surface area contributed by atoms with E-state index in [1.807, 2.05) is 12.1 Å². The van der Waals surface area contributed by atoms with Crippen molar-refractivity contribution in [3.63, 3.8) is 0 Å². The van der Waals surface area contributed by atoms with Gasteiger partial charge in [0.2, 0.25) is 10.0 Å². The Bertz CT molecular complexity index is 811. The van der Waals surface area contributed by atoms with E-state index in [2.05, 4.69) is 4.98 Å². The lowest BCUT2D eigenvalue weighted by atomic mass is 9.99. The molecule has 1 N–H and O–H groups in total. The monoisotopic (exact) mass is 346 g/mol. The number of aromatic nitrogens is 1. The van der Waals surface area contributed by atoms with Gasteiger partial charge in [0.25, 0.3) is 0 Å². The maximum Gasteiger partial charge on any atom is 0.306 e.